The predicted molar refractivity (Wildman–Crippen MR) is 50.7 cm³/mol. The standard InChI is InChI=1S/C11H8F4O3/c12-6-3-1-2-4(11(17)18)10(16)5(3)7(13)9(15)8(6)14/h4,10,16H,1-2H2,(H,17,18)/t4-,10-/m0/s1. The molecule has 3 nitrogen and oxygen atoms in total. The number of hydrogen-bond acceptors (Lipinski definition) is 2. The van der Waals surface area contributed by atoms with Crippen LogP contribution in [0, 0.1) is 29.2 Å². The largest absolute Gasteiger partial charge is 0.481 e. The molecule has 0 aliphatic heterocycles. The average Bonchev–Trinajstić information content (AvgIpc) is 2.32. The number of aliphatic hydroxyl groups excluding tert-OH is 1. The second-order valence-corrected chi connectivity index (χ2v) is 4.08. The Hall–Kier alpha value is -1.63. The topological polar surface area (TPSA) is 57.5 Å². The van der Waals surface area contributed by atoms with E-state index in [1.807, 2.05) is 0 Å². The van der Waals surface area contributed by atoms with Gasteiger partial charge in [-0.3, -0.25) is 4.79 Å². The Morgan fingerprint density at radius 3 is 2.17 bits per heavy atom. The van der Waals surface area contributed by atoms with E-state index in [4.69, 9.17) is 5.11 Å². The van der Waals surface area contributed by atoms with Gasteiger partial charge in [-0.2, -0.15) is 0 Å². The fraction of sp³-hybridized carbons (Fsp3) is 0.364. The summed E-state index contributed by atoms with van der Waals surface area (Å²) in [6, 6.07) is 0. The maximum atomic E-state index is 13.5. The van der Waals surface area contributed by atoms with Crippen molar-refractivity contribution in [2.75, 3.05) is 0 Å². The molecule has 98 valence electrons. The molecule has 0 spiro atoms. The van der Waals surface area contributed by atoms with Crippen molar-refractivity contribution in [1.82, 2.24) is 0 Å². The number of aliphatic carboxylic acids is 1. The lowest BCUT2D eigenvalue weighted by atomic mass is 9.80. The van der Waals surface area contributed by atoms with Gasteiger partial charge in [0.15, 0.2) is 23.3 Å². The summed E-state index contributed by atoms with van der Waals surface area (Å²) < 4.78 is 52.9. The van der Waals surface area contributed by atoms with Crippen molar-refractivity contribution in [2.45, 2.75) is 18.9 Å². The van der Waals surface area contributed by atoms with Crippen LogP contribution >= 0.6 is 0 Å². The molecule has 2 N–H and O–H groups in total. The molecule has 0 heterocycles. The average molecular weight is 264 g/mol. The van der Waals surface area contributed by atoms with Crippen LogP contribution in [0.3, 0.4) is 0 Å². The third-order valence-corrected chi connectivity index (χ3v) is 3.10. The number of carbonyl (C=O) groups is 1. The number of rotatable bonds is 1. The Labute approximate surface area is 98.7 Å². The number of carboxylic acid groups (broad SMARTS) is 1. The number of benzene rings is 1. The third-order valence-electron chi connectivity index (χ3n) is 3.10. The molecule has 1 aromatic carbocycles. The summed E-state index contributed by atoms with van der Waals surface area (Å²) in [5.41, 5.74) is -1.30. The van der Waals surface area contributed by atoms with E-state index in [1.54, 1.807) is 0 Å². The number of fused-ring (bicyclic) bond motifs is 1. The fourth-order valence-corrected chi connectivity index (χ4v) is 2.16. The first-order valence-corrected chi connectivity index (χ1v) is 5.11. The van der Waals surface area contributed by atoms with E-state index in [0.717, 1.165) is 0 Å². The summed E-state index contributed by atoms with van der Waals surface area (Å²) in [6.07, 6.45) is -2.34. The predicted octanol–water partition coefficient (Wildman–Crippen LogP) is 1.92. The number of carboxylic acids is 1. The van der Waals surface area contributed by atoms with E-state index in [2.05, 4.69) is 0 Å². The van der Waals surface area contributed by atoms with E-state index in [1.165, 1.54) is 0 Å². The van der Waals surface area contributed by atoms with Crippen molar-refractivity contribution >= 4 is 5.97 Å². The van der Waals surface area contributed by atoms with Crippen LogP contribution < -0.4 is 0 Å². The highest BCUT2D eigenvalue weighted by molar-refractivity contribution is 5.71. The quantitative estimate of drug-likeness (QED) is 0.463. The molecule has 0 saturated carbocycles. The van der Waals surface area contributed by atoms with Crippen molar-refractivity contribution in [3.8, 4) is 0 Å². The summed E-state index contributed by atoms with van der Waals surface area (Å²) in [5, 5.41) is 18.4. The molecule has 1 aromatic rings. The fourth-order valence-electron chi connectivity index (χ4n) is 2.16. The lowest BCUT2D eigenvalue weighted by molar-refractivity contribution is -0.146. The van der Waals surface area contributed by atoms with Gasteiger partial charge < -0.3 is 10.2 Å². The van der Waals surface area contributed by atoms with Crippen LogP contribution in [0.4, 0.5) is 17.6 Å². The van der Waals surface area contributed by atoms with Gasteiger partial charge in [0.1, 0.15) is 0 Å². The summed E-state index contributed by atoms with van der Waals surface area (Å²) >= 11 is 0. The van der Waals surface area contributed by atoms with E-state index in [-0.39, 0.29) is 12.8 Å². The maximum absolute atomic E-state index is 13.5. The van der Waals surface area contributed by atoms with Crippen LogP contribution in [0.2, 0.25) is 0 Å². The van der Waals surface area contributed by atoms with Gasteiger partial charge in [-0.1, -0.05) is 0 Å². The summed E-state index contributed by atoms with van der Waals surface area (Å²) in [6.45, 7) is 0. The Kier molecular flexibility index (Phi) is 3.02. The van der Waals surface area contributed by atoms with Gasteiger partial charge in [0.2, 0.25) is 0 Å². The van der Waals surface area contributed by atoms with E-state index < -0.39 is 52.4 Å². The Balaban J connectivity index is 2.65. The smallest absolute Gasteiger partial charge is 0.309 e. The zero-order chi connectivity index (χ0) is 13.6. The van der Waals surface area contributed by atoms with E-state index >= 15 is 0 Å². The van der Waals surface area contributed by atoms with E-state index in [9.17, 15) is 27.5 Å². The van der Waals surface area contributed by atoms with Crippen LogP contribution in [0.1, 0.15) is 23.7 Å². The molecule has 0 unspecified atom stereocenters. The first-order chi connectivity index (χ1) is 8.36. The van der Waals surface area contributed by atoms with Gasteiger partial charge in [0.05, 0.1) is 12.0 Å². The third kappa shape index (κ3) is 1.66. The molecule has 7 heteroatoms. The molecule has 2 rings (SSSR count). The van der Waals surface area contributed by atoms with Crippen LogP contribution in [0.15, 0.2) is 0 Å². The lowest BCUT2D eigenvalue weighted by Crippen LogP contribution is -2.29. The second kappa shape index (κ2) is 4.24. The van der Waals surface area contributed by atoms with E-state index in [0.29, 0.717) is 0 Å². The van der Waals surface area contributed by atoms with Crippen LogP contribution in [0.25, 0.3) is 0 Å². The normalized spacial score (nSPS) is 22.7. The Morgan fingerprint density at radius 1 is 1.06 bits per heavy atom. The first kappa shape index (κ1) is 12.8. The molecule has 2 atom stereocenters. The minimum Gasteiger partial charge on any atom is -0.481 e. The van der Waals surface area contributed by atoms with Crippen LogP contribution in [-0.2, 0) is 11.2 Å². The molecule has 18 heavy (non-hydrogen) atoms. The van der Waals surface area contributed by atoms with Crippen LogP contribution in [-0.4, -0.2) is 16.2 Å². The molecule has 0 aromatic heterocycles. The van der Waals surface area contributed by atoms with Crippen molar-refractivity contribution in [2.24, 2.45) is 5.92 Å². The van der Waals surface area contributed by atoms with Gasteiger partial charge in [-0.15, -0.1) is 0 Å². The number of halogens is 4. The van der Waals surface area contributed by atoms with Gasteiger partial charge in [0.25, 0.3) is 0 Å². The highest BCUT2D eigenvalue weighted by Crippen LogP contribution is 2.39. The molecular weight excluding hydrogens is 256 g/mol. The van der Waals surface area contributed by atoms with Gasteiger partial charge in [0, 0.05) is 5.56 Å². The zero-order valence-electron chi connectivity index (χ0n) is 8.88. The molecule has 0 radical (unpaired) electrons. The Morgan fingerprint density at radius 2 is 1.61 bits per heavy atom. The molecule has 0 saturated heterocycles. The molecule has 0 fully saturated rings. The first-order valence-electron chi connectivity index (χ1n) is 5.11. The minimum absolute atomic E-state index is 0.176. The molecule has 1 aliphatic rings. The maximum Gasteiger partial charge on any atom is 0.309 e. The SMILES string of the molecule is O=C(O)[C@H]1CCc2c(F)c(F)c(F)c(F)c2[C@H]1O. The molecule has 0 bridgehead atoms. The van der Waals surface area contributed by atoms with Crippen molar-refractivity contribution in [3.05, 3.63) is 34.4 Å². The number of hydrogen-bond donors (Lipinski definition) is 2. The monoisotopic (exact) mass is 264 g/mol. The van der Waals surface area contributed by atoms with Gasteiger partial charge >= 0.3 is 5.97 Å². The lowest BCUT2D eigenvalue weighted by Gasteiger charge is -2.28. The Bertz CT molecular complexity index is 530. The summed E-state index contributed by atoms with van der Waals surface area (Å²) in [4.78, 5) is 10.8. The van der Waals surface area contributed by atoms with Gasteiger partial charge in [-0.05, 0) is 18.4 Å². The van der Waals surface area contributed by atoms with Crippen molar-refractivity contribution in [3.63, 3.8) is 0 Å². The van der Waals surface area contributed by atoms with Crippen molar-refractivity contribution in [1.29, 1.82) is 0 Å². The zero-order valence-corrected chi connectivity index (χ0v) is 8.88. The highest BCUT2D eigenvalue weighted by atomic mass is 19.2. The summed E-state index contributed by atoms with van der Waals surface area (Å²) in [7, 11) is 0. The van der Waals surface area contributed by atoms with Crippen molar-refractivity contribution < 1.29 is 32.6 Å². The second-order valence-electron chi connectivity index (χ2n) is 4.08. The number of aliphatic hydroxyl groups is 1. The summed E-state index contributed by atoms with van der Waals surface area (Å²) in [5.74, 6) is -10.1. The highest BCUT2D eigenvalue weighted by Gasteiger charge is 2.39. The van der Waals surface area contributed by atoms with Crippen LogP contribution in [0.5, 0.6) is 0 Å². The minimum atomic E-state index is -2.05. The molecule has 1 aliphatic carbocycles. The molecular formula is C11H8F4O3. The van der Waals surface area contributed by atoms with Gasteiger partial charge in [-0.25, -0.2) is 17.6 Å². The molecule has 0 amide bonds.